The molecule has 3 aromatic carbocycles. The summed E-state index contributed by atoms with van der Waals surface area (Å²) in [6.07, 6.45) is 8.21. The molecule has 0 amide bonds. The van der Waals surface area contributed by atoms with E-state index in [-0.39, 0.29) is 11.7 Å². The molecule has 1 saturated carbocycles. The van der Waals surface area contributed by atoms with Gasteiger partial charge in [0.15, 0.2) is 11.6 Å². The number of halogens is 3. The van der Waals surface area contributed by atoms with E-state index in [1.54, 1.807) is 18.2 Å². The Balaban J connectivity index is 1.37. The predicted molar refractivity (Wildman–Crippen MR) is 135 cm³/mol. The highest BCUT2D eigenvalue weighted by molar-refractivity contribution is 5.65. The van der Waals surface area contributed by atoms with Crippen molar-refractivity contribution in [2.45, 2.75) is 77.6 Å². The Bertz CT molecular complexity index is 1090. The maximum Gasteiger partial charge on any atom is 0.166 e. The molecule has 0 radical (unpaired) electrons. The van der Waals surface area contributed by atoms with Crippen molar-refractivity contribution in [3.63, 3.8) is 0 Å². The van der Waals surface area contributed by atoms with E-state index in [4.69, 9.17) is 0 Å². The minimum Gasteiger partial charge on any atom is -0.207 e. The van der Waals surface area contributed by atoms with Crippen LogP contribution in [0.15, 0.2) is 54.6 Å². The van der Waals surface area contributed by atoms with Crippen molar-refractivity contribution in [3.05, 3.63) is 94.3 Å². The van der Waals surface area contributed by atoms with E-state index in [0.29, 0.717) is 22.6 Å². The van der Waals surface area contributed by atoms with Crippen molar-refractivity contribution in [3.8, 4) is 11.1 Å². The molecule has 1 fully saturated rings. The molecule has 180 valence electrons. The van der Waals surface area contributed by atoms with Crippen molar-refractivity contribution >= 4 is 0 Å². The van der Waals surface area contributed by atoms with Crippen LogP contribution in [0.25, 0.3) is 11.1 Å². The Labute approximate surface area is 202 Å². The van der Waals surface area contributed by atoms with Gasteiger partial charge in [0.2, 0.25) is 0 Å². The monoisotopic (exact) mass is 464 g/mol. The van der Waals surface area contributed by atoms with Crippen molar-refractivity contribution < 1.29 is 13.2 Å². The number of rotatable bonds is 8. The average Bonchev–Trinajstić information content (AvgIpc) is 2.86. The topological polar surface area (TPSA) is 0 Å². The number of hydrogen-bond donors (Lipinski definition) is 0. The van der Waals surface area contributed by atoms with Gasteiger partial charge in [-0.25, -0.2) is 13.2 Å². The van der Waals surface area contributed by atoms with Crippen LogP contribution < -0.4 is 0 Å². The van der Waals surface area contributed by atoms with Crippen LogP contribution in [0.3, 0.4) is 0 Å². The van der Waals surface area contributed by atoms with Crippen molar-refractivity contribution in [2.24, 2.45) is 5.92 Å². The van der Waals surface area contributed by atoms with Gasteiger partial charge >= 0.3 is 0 Å². The van der Waals surface area contributed by atoms with Crippen LogP contribution in [0.5, 0.6) is 0 Å². The molecule has 4 rings (SSSR count). The molecule has 1 aliphatic rings. The molecule has 0 atom stereocenters. The summed E-state index contributed by atoms with van der Waals surface area (Å²) >= 11 is 0. The van der Waals surface area contributed by atoms with Gasteiger partial charge in [0, 0.05) is 5.56 Å². The first-order valence-corrected chi connectivity index (χ1v) is 12.8. The fraction of sp³-hybridized carbons (Fsp3) is 0.419. The molecule has 0 unspecified atom stereocenters. The molecule has 34 heavy (non-hydrogen) atoms. The average molecular weight is 465 g/mol. The van der Waals surface area contributed by atoms with Gasteiger partial charge in [0.05, 0.1) is 0 Å². The molecule has 0 saturated heterocycles. The molecule has 0 bridgehead atoms. The third kappa shape index (κ3) is 5.56. The van der Waals surface area contributed by atoms with Gasteiger partial charge in [-0.3, -0.25) is 0 Å². The zero-order valence-corrected chi connectivity index (χ0v) is 20.3. The van der Waals surface area contributed by atoms with E-state index in [1.807, 2.05) is 43.3 Å². The number of benzene rings is 3. The summed E-state index contributed by atoms with van der Waals surface area (Å²) in [5, 5.41) is 0. The Morgan fingerprint density at radius 3 is 2.09 bits per heavy atom. The first kappa shape index (κ1) is 24.6. The standard InChI is InChI=1S/C31H35F3/c1-3-5-22-7-12-24(13-8-22)27-18-19-28(31(34)30(27)33)25-14-9-23(10-15-25)11-17-26-16-6-21(4-2)20-29(26)32/h6-8,12-13,16,18-20,23,25H,3-5,9-11,14-15,17H2,1-2H3. The van der Waals surface area contributed by atoms with Gasteiger partial charge in [0.1, 0.15) is 5.82 Å². The second-order valence-electron chi connectivity index (χ2n) is 9.81. The van der Waals surface area contributed by atoms with E-state index in [1.165, 1.54) is 5.56 Å². The molecule has 0 aliphatic heterocycles. The Kier molecular flexibility index (Phi) is 8.13. The van der Waals surface area contributed by atoms with Crippen LogP contribution in [0.4, 0.5) is 13.2 Å². The van der Waals surface area contributed by atoms with Crippen LogP contribution in [0.1, 0.15) is 80.5 Å². The fourth-order valence-corrected chi connectivity index (χ4v) is 5.38. The van der Waals surface area contributed by atoms with Crippen LogP contribution in [0, 0.1) is 23.4 Å². The van der Waals surface area contributed by atoms with E-state index in [2.05, 4.69) is 6.92 Å². The maximum absolute atomic E-state index is 15.1. The summed E-state index contributed by atoms with van der Waals surface area (Å²) in [6.45, 7) is 4.15. The summed E-state index contributed by atoms with van der Waals surface area (Å²) in [5.74, 6) is -0.987. The first-order valence-electron chi connectivity index (χ1n) is 12.8. The number of aryl methyl sites for hydroxylation is 3. The van der Waals surface area contributed by atoms with Crippen LogP contribution in [0.2, 0.25) is 0 Å². The van der Waals surface area contributed by atoms with Crippen LogP contribution in [-0.4, -0.2) is 0 Å². The van der Waals surface area contributed by atoms with Crippen molar-refractivity contribution in [1.29, 1.82) is 0 Å². The van der Waals surface area contributed by atoms with Gasteiger partial charge in [0.25, 0.3) is 0 Å². The summed E-state index contributed by atoms with van der Waals surface area (Å²) in [7, 11) is 0. The van der Waals surface area contributed by atoms with E-state index >= 15 is 8.78 Å². The van der Waals surface area contributed by atoms with Crippen LogP contribution >= 0.6 is 0 Å². The summed E-state index contributed by atoms with van der Waals surface area (Å²) in [5.41, 5.74) is 4.56. The number of hydrogen-bond acceptors (Lipinski definition) is 0. The smallest absolute Gasteiger partial charge is 0.166 e. The highest BCUT2D eigenvalue weighted by Crippen LogP contribution is 2.40. The van der Waals surface area contributed by atoms with Crippen LogP contribution in [-0.2, 0) is 19.3 Å². The van der Waals surface area contributed by atoms with Gasteiger partial charge < -0.3 is 0 Å². The summed E-state index contributed by atoms with van der Waals surface area (Å²) in [6, 6.07) is 16.8. The second-order valence-corrected chi connectivity index (χ2v) is 9.81. The largest absolute Gasteiger partial charge is 0.207 e. The lowest BCUT2D eigenvalue weighted by molar-refractivity contribution is 0.304. The highest BCUT2D eigenvalue weighted by atomic mass is 19.2. The van der Waals surface area contributed by atoms with Gasteiger partial charge in [-0.05, 0) is 97.1 Å². The minimum atomic E-state index is -0.742. The molecule has 3 aromatic rings. The SMILES string of the molecule is CCCc1ccc(-c2ccc(C3CCC(CCc4ccc(CC)cc4F)CC3)c(F)c2F)cc1. The van der Waals surface area contributed by atoms with E-state index in [0.717, 1.165) is 68.9 Å². The lowest BCUT2D eigenvalue weighted by Crippen LogP contribution is -2.16. The molecule has 3 heteroatoms. The zero-order chi connectivity index (χ0) is 24.1. The minimum absolute atomic E-state index is 0.0484. The molecular weight excluding hydrogens is 429 g/mol. The third-order valence-corrected chi connectivity index (χ3v) is 7.55. The first-order chi connectivity index (χ1) is 16.5. The fourth-order valence-electron chi connectivity index (χ4n) is 5.38. The second kappa shape index (κ2) is 11.3. The molecular formula is C31H35F3. The predicted octanol–water partition coefficient (Wildman–Crippen LogP) is 9.19. The van der Waals surface area contributed by atoms with Crippen molar-refractivity contribution in [2.75, 3.05) is 0 Å². The molecule has 1 aliphatic carbocycles. The zero-order valence-electron chi connectivity index (χ0n) is 20.3. The van der Waals surface area contributed by atoms with Gasteiger partial charge in [-0.15, -0.1) is 0 Å². The molecule has 0 heterocycles. The van der Waals surface area contributed by atoms with E-state index in [9.17, 15) is 4.39 Å². The summed E-state index contributed by atoms with van der Waals surface area (Å²) < 4.78 is 44.4. The normalized spacial score (nSPS) is 18.3. The lowest BCUT2D eigenvalue weighted by Gasteiger charge is -2.29. The van der Waals surface area contributed by atoms with Crippen molar-refractivity contribution in [1.82, 2.24) is 0 Å². The lowest BCUT2D eigenvalue weighted by atomic mass is 9.76. The molecule has 0 N–H and O–H groups in total. The maximum atomic E-state index is 15.1. The summed E-state index contributed by atoms with van der Waals surface area (Å²) in [4.78, 5) is 0. The Morgan fingerprint density at radius 1 is 0.735 bits per heavy atom. The third-order valence-electron chi connectivity index (χ3n) is 7.55. The van der Waals surface area contributed by atoms with Gasteiger partial charge in [-0.2, -0.15) is 0 Å². The molecule has 0 aromatic heterocycles. The van der Waals surface area contributed by atoms with E-state index < -0.39 is 11.6 Å². The Hall–Kier alpha value is -2.55. The molecule has 0 spiro atoms. The Morgan fingerprint density at radius 2 is 1.44 bits per heavy atom. The van der Waals surface area contributed by atoms with Gasteiger partial charge in [-0.1, -0.05) is 68.8 Å². The quantitative estimate of drug-likeness (QED) is 0.312. The highest BCUT2D eigenvalue weighted by Gasteiger charge is 2.26. The molecule has 0 nitrogen and oxygen atoms in total.